The number of nitrogens with one attached hydrogen (secondary N) is 2. The summed E-state index contributed by atoms with van der Waals surface area (Å²) in [4.78, 5) is 12.2. The second-order valence-corrected chi connectivity index (χ2v) is 6.45. The fourth-order valence-corrected chi connectivity index (χ4v) is 3.37. The predicted molar refractivity (Wildman–Crippen MR) is 97.9 cm³/mol. The number of carbonyl (C=O) groups excluding carboxylic acids is 1. The van der Waals surface area contributed by atoms with E-state index in [4.69, 9.17) is 0 Å². The first-order valence-corrected chi connectivity index (χ1v) is 8.95. The maximum atomic E-state index is 12.2. The zero-order chi connectivity index (χ0) is 16.6. The van der Waals surface area contributed by atoms with Crippen LogP contribution in [-0.4, -0.2) is 19.0 Å². The van der Waals surface area contributed by atoms with E-state index in [0.29, 0.717) is 6.42 Å². The molecule has 0 heterocycles. The third kappa shape index (κ3) is 4.68. The molecule has 0 aliphatic heterocycles. The number of rotatable bonds is 7. The largest absolute Gasteiger partial charge is 0.349 e. The van der Waals surface area contributed by atoms with Crippen LogP contribution in [0.5, 0.6) is 0 Å². The summed E-state index contributed by atoms with van der Waals surface area (Å²) in [7, 11) is 0. The van der Waals surface area contributed by atoms with E-state index in [1.807, 2.05) is 6.07 Å². The molecule has 2 aromatic carbocycles. The molecule has 0 unspecified atom stereocenters. The van der Waals surface area contributed by atoms with Gasteiger partial charge < -0.3 is 10.6 Å². The highest BCUT2D eigenvalue weighted by molar-refractivity contribution is 5.76. The molecule has 0 fully saturated rings. The molecule has 2 aromatic rings. The Morgan fingerprint density at radius 3 is 2.67 bits per heavy atom. The van der Waals surface area contributed by atoms with Crippen LogP contribution < -0.4 is 10.6 Å². The average Bonchev–Trinajstić information content (AvgIpc) is 2.63. The SMILES string of the molecule is O=C(CCNCCc1ccccc1)N[C@@H]1CCCc2ccccc21. The Labute approximate surface area is 144 Å². The maximum absolute atomic E-state index is 12.2. The predicted octanol–water partition coefficient (Wildman–Crippen LogP) is 3.40. The van der Waals surface area contributed by atoms with E-state index in [0.717, 1.165) is 38.8 Å². The van der Waals surface area contributed by atoms with Crippen molar-refractivity contribution < 1.29 is 4.79 Å². The third-order valence-electron chi connectivity index (χ3n) is 4.67. The summed E-state index contributed by atoms with van der Waals surface area (Å²) in [6.45, 7) is 1.64. The van der Waals surface area contributed by atoms with Gasteiger partial charge in [-0.25, -0.2) is 0 Å². The summed E-state index contributed by atoms with van der Waals surface area (Å²) >= 11 is 0. The number of aryl methyl sites for hydroxylation is 1. The molecule has 0 saturated carbocycles. The molecule has 0 aromatic heterocycles. The van der Waals surface area contributed by atoms with Gasteiger partial charge in [0.2, 0.25) is 5.91 Å². The van der Waals surface area contributed by atoms with Crippen LogP contribution >= 0.6 is 0 Å². The van der Waals surface area contributed by atoms with Gasteiger partial charge in [0, 0.05) is 13.0 Å². The molecule has 1 atom stereocenters. The monoisotopic (exact) mass is 322 g/mol. The minimum atomic E-state index is 0.143. The Bertz CT molecular complexity index is 654. The van der Waals surface area contributed by atoms with Crippen LogP contribution in [0.4, 0.5) is 0 Å². The Kier molecular flexibility index (Phi) is 6.02. The van der Waals surface area contributed by atoms with E-state index in [2.05, 4.69) is 59.2 Å². The minimum absolute atomic E-state index is 0.143. The van der Waals surface area contributed by atoms with Crippen molar-refractivity contribution in [2.45, 2.75) is 38.1 Å². The quantitative estimate of drug-likeness (QED) is 0.767. The summed E-state index contributed by atoms with van der Waals surface area (Å²) in [5.74, 6) is 0.143. The number of fused-ring (bicyclic) bond motifs is 1. The number of carbonyl (C=O) groups is 1. The highest BCUT2D eigenvalue weighted by Gasteiger charge is 2.20. The van der Waals surface area contributed by atoms with Gasteiger partial charge in [0.25, 0.3) is 0 Å². The van der Waals surface area contributed by atoms with Crippen LogP contribution in [0.2, 0.25) is 0 Å². The van der Waals surface area contributed by atoms with Crippen molar-refractivity contribution in [2.75, 3.05) is 13.1 Å². The van der Waals surface area contributed by atoms with Crippen LogP contribution in [-0.2, 0) is 17.6 Å². The molecule has 2 N–H and O–H groups in total. The van der Waals surface area contributed by atoms with Crippen LogP contribution in [0.1, 0.15) is 42.0 Å². The minimum Gasteiger partial charge on any atom is -0.349 e. The van der Waals surface area contributed by atoms with E-state index < -0.39 is 0 Å². The summed E-state index contributed by atoms with van der Waals surface area (Å²) in [5.41, 5.74) is 4.01. The average molecular weight is 322 g/mol. The number of benzene rings is 2. The Hall–Kier alpha value is -2.13. The smallest absolute Gasteiger partial charge is 0.221 e. The summed E-state index contributed by atoms with van der Waals surface area (Å²) in [6, 6.07) is 19.1. The van der Waals surface area contributed by atoms with E-state index in [1.54, 1.807) is 0 Å². The fourth-order valence-electron chi connectivity index (χ4n) is 3.37. The lowest BCUT2D eigenvalue weighted by atomic mass is 9.88. The van der Waals surface area contributed by atoms with Crippen molar-refractivity contribution in [1.82, 2.24) is 10.6 Å². The molecular formula is C21H26N2O. The number of hydrogen-bond donors (Lipinski definition) is 2. The van der Waals surface area contributed by atoms with Gasteiger partial charge in [-0.15, -0.1) is 0 Å². The lowest BCUT2D eigenvalue weighted by Gasteiger charge is -2.26. The maximum Gasteiger partial charge on any atom is 0.221 e. The van der Waals surface area contributed by atoms with Crippen molar-refractivity contribution in [3.05, 3.63) is 71.3 Å². The molecule has 1 aliphatic rings. The summed E-state index contributed by atoms with van der Waals surface area (Å²) in [5, 5.41) is 6.57. The van der Waals surface area contributed by atoms with Crippen molar-refractivity contribution in [3.8, 4) is 0 Å². The Morgan fingerprint density at radius 2 is 1.79 bits per heavy atom. The molecule has 0 radical (unpaired) electrons. The van der Waals surface area contributed by atoms with Gasteiger partial charge in [0.1, 0.15) is 0 Å². The van der Waals surface area contributed by atoms with Gasteiger partial charge in [0.15, 0.2) is 0 Å². The first kappa shape index (κ1) is 16.7. The Morgan fingerprint density at radius 1 is 1.00 bits per heavy atom. The lowest BCUT2D eigenvalue weighted by molar-refractivity contribution is -0.121. The van der Waals surface area contributed by atoms with Gasteiger partial charge in [-0.1, -0.05) is 54.6 Å². The van der Waals surface area contributed by atoms with E-state index >= 15 is 0 Å². The van der Waals surface area contributed by atoms with Gasteiger partial charge in [0.05, 0.1) is 6.04 Å². The molecule has 0 saturated heterocycles. The molecule has 3 nitrogen and oxygen atoms in total. The molecular weight excluding hydrogens is 296 g/mol. The molecule has 1 aliphatic carbocycles. The molecule has 0 bridgehead atoms. The molecule has 0 spiro atoms. The summed E-state index contributed by atoms with van der Waals surface area (Å²) < 4.78 is 0. The Balaban J connectivity index is 1.37. The molecule has 1 amide bonds. The topological polar surface area (TPSA) is 41.1 Å². The zero-order valence-corrected chi connectivity index (χ0v) is 14.1. The van der Waals surface area contributed by atoms with Crippen molar-refractivity contribution in [2.24, 2.45) is 0 Å². The normalized spacial score (nSPS) is 16.4. The third-order valence-corrected chi connectivity index (χ3v) is 4.67. The van der Waals surface area contributed by atoms with E-state index in [1.165, 1.54) is 16.7 Å². The van der Waals surface area contributed by atoms with Crippen LogP contribution in [0.3, 0.4) is 0 Å². The van der Waals surface area contributed by atoms with Crippen LogP contribution in [0, 0.1) is 0 Å². The van der Waals surface area contributed by atoms with Crippen LogP contribution in [0.15, 0.2) is 54.6 Å². The second kappa shape index (κ2) is 8.65. The first-order valence-electron chi connectivity index (χ1n) is 8.95. The zero-order valence-electron chi connectivity index (χ0n) is 14.1. The first-order chi connectivity index (χ1) is 11.8. The number of amides is 1. The number of hydrogen-bond acceptors (Lipinski definition) is 2. The lowest BCUT2D eigenvalue weighted by Crippen LogP contribution is -2.33. The highest BCUT2D eigenvalue weighted by Crippen LogP contribution is 2.29. The highest BCUT2D eigenvalue weighted by atomic mass is 16.1. The van der Waals surface area contributed by atoms with Crippen molar-refractivity contribution in [1.29, 1.82) is 0 Å². The van der Waals surface area contributed by atoms with Gasteiger partial charge in [-0.2, -0.15) is 0 Å². The van der Waals surface area contributed by atoms with Gasteiger partial charge >= 0.3 is 0 Å². The van der Waals surface area contributed by atoms with Crippen molar-refractivity contribution >= 4 is 5.91 Å². The van der Waals surface area contributed by atoms with Crippen molar-refractivity contribution in [3.63, 3.8) is 0 Å². The second-order valence-electron chi connectivity index (χ2n) is 6.45. The molecule has 3 rings (SSSR count). The standard InChI is InChI=1S/C21H26N2O/c24-21(14-16-22-15-13-17-7-2-1-3-8-17)23-20-12-6-10-18-9-4-5-11-19(18)20/h1-5,7-9,11,20,22H,6,10,12-16H2,(H,23,24)/t20-/m1/s1. The van der Waals surface area contributed by atoms with Gasteiger partial charge in [-0.3, -0.25) is 4.79 Å². The fraction of sp³-hybridized carbons (Fsp3) is 0.381. The van der Waals surface area contributed by atoms with Crippen LogP contribution in [0.25, 0.3) is 0 Å². The molecule has 3 heteroatoms. The molecule has 126 valence electrons. The van der Waals surface area contributed by atoms with Gasteiger partial charge in [-0.05, 0) is 48.9 Å². The van der Waals surface area contributed by atoms with E-state index in [-0.39, 0.29) is 11.9 Å². The van der Waals surface area contributed by atoms with E-state index in [9.17, 15) is 4.79 Å². The molecule has 24 heavy (non-hydrogen) atoms. The summed E-state index contributed by atoms with van der Waals surface area (Å²) in [6.07, 6.45) is 4.86.